The summed E-state index contributed by atoms with van der Waals surface area (Å²) in [6.45, 7) is 1.98. The second kappa shape index (κ2) is 6.36. The maximum Gasteiger partial charge on any atom is 0.287 e. The highest BCUT2D eigenvalue weighted by Gasteiger charge is 2.13. The first-order valence-electron chi connectivity index (χ1n) is 5.33. The van der Waals surface area contributed by atoms with Crippen LogP contribution in [0.25, 0.3) is 0 Å². The molecule has 1 aromatic rings. The Kier molecular flexibility index (Phi) is 5.11. The van der Waals surface area contributed by atoms with Gasteiger partial charge in [-0.25, -0.2) is 4.98 Å². The Morgan fingerprint density at radius 2 is 2.35 bits per heavy atom. The van der Waals surface area contributed by atoms with E-state index in [1.165, 1.54) is 12.3 Å². The normalized spacial score (nSPS) is 19.2. The molecule has 94 valence electrons. The molecule has 0 radical (unpaired) electrons. The van der Waals surface area contributed by atoms with E-state index >= 15 is 0 Å². The molecule has 0 unspecified atom stereocenters. The van der Waals surface area contributed by atoms with Crippen molar-refractivity contribution < 1.29 is 4.92 Å². The predicted octanol–water partition coefficient (Wildman–Crippen LogP) is 1.58. The fourth-order valence-electron chi connectivity index (χ4n) is 1.76. The Morgan fingerprint density at radius 3 is 2.88 bits per heavy atom. The van der Waals surface area contributed by atoms with Gasteiger partial charge in [0.1, 0.15) is 12.0 Å². The molecule has 17 heavy (non-hydrogen) atoms. The molecule has 0 saturated carbocycles. The van der Waals surface area contributed by atoms with Crippen LogP contribution in [0.2, 0.25) is 0 Å². The van der Waals surface area contributed by atoms with Crippen molar-refractivity contribution in [1.29, 1.82) is 0 Å². The van der Waals surface area contributed by atoms with Crippen LogP contribution in [-0.4, -0.2) is 29.0 Å². The van der Waals surface area contributed by atoms with E-state index in [1.807, 2.05) is 0 Å². The molecule has 1 saturated heterocycles. The Balaban J connectivity index is 0.00000144. The number of nitrogens with zero attached hydrogens (tertiary/aromatic N) is 2. The molecular weight excluding hydrogens is 244 g/mol. The number of hydrogen-bond acceptors (Lipinski definition) is 5. The van der Waals surface area contributed by atoms with Crippen LogP contribution in [0.15, 0.2) is 18.3 Å². The number of hydrogen-bond donors (Lipinski definition) is 2. The quantitative estimate of drug-likeness (QED) is 0.636. The van der Waals surface area contributed by atoms with Crippen LogP contribution < -0.4 is 10.6 Å². The van der Waals surface area contributed by atoms with Crippen molar-refractivity contribution >= 4 is 23.9 Å². The number of nitro groups is 1. The maximum atomic E-state index is 10.4. The predicted molar refractivity (Wildman–Crippen MR) is 67.7 cm³/mol. The minimum atomic E-state index is -0.445. The molecule has 7 heteroatoms. The van der Waals surface area contributed by atoms with Gasteiger partial charge in [-0.1, -0.05) is 0 Å². The summed E-state index contributed by atoms with van der Waals surface area (Å²) in [6, 6.07) is 3.47. The highest BCUT2D eigenvalue weighted by atomic mass is 35.5. The summed E-state index contributed by atoms with van der Waals surface area (Å²) in [5.74, 6) is 0.694. The van der Waals surface area contributed by atoms with E-state index in [2.05, 4.69) is 15.6 Å². The Hall–Kier alpha value is -1.40. The number of piperidine rings is 1. The number of rotatable bonds is 3. The minimum Gasteiger partial charge on any atom is -0.366 e. The van der Waals surface area contributed by atoms with Gasteiger partial charge in [0, 0.05) is 18.7 Å². The molecular formula is C10H15ClN4O2. The standard InChI is InChI=1S/C10H14N4O2.ClH/c15-14(16)9-3-4-10(12-7-9)13-8-2-1-5-11-6-8;/h3-4,7-8,11H,1-2,5-6H2,(H,12,13);1H/t8-;/m1./s1. The third-order valence-electron chi connectivity index (χ3n) is 2.61. The molecule has 1 fully saturated rings. The van der Waals surface area contributed by atoms with E-state index in [9.17, 15) is 10.1 Å². The van der Waals surface area contributed by atoms with Gasteiger partial charge in [-0.3, -0.25) is 10.1 Å². The summed E-state index contributed by atoms with van der Waals surface area (Å²) in [6.07, 6.45) is 3.52. The molecule has 2 rings (SSSR count). The van der Waals surface area contributed by atoms with E-state index in [-0.39, 0.29) is 18.1 Å². The molecule has 1 aliphatic heterocycles. The summed E-state index contributed by atoms with van der Waals surface area (Å²) in [7, 11) is 0. The number of halogens is 1. The van der Waals surface area contributed by atoms with Gasteiger partial charge in [0.15, 0.2) is 0 Å². The number of anilines is 1. The molecule has 0 aliphatic carbocycles. The number of aromatic nitrogens is 1. The fraction of sp³-hybridized carbons (Fsp3) is 0.500. The zero-order chi connectivity index (χ0) is 11.4. The lowest BCUT2D eigenvalue weighted by molar-refractivity contribution is -0.385. The van der Waals surface area contributed by atoms with Crippen LogP contribution in [0.3, 0.4) is 0 Å². The second-order valence-electron chi connectivity index (χ2n) is 3.85. The molecule has 1 aromatic heterocycles. The third-order valence-corrected chi connectivity index (χ3v) is 2.61. The lowest BCUT2D eigenvalue weighted by Crippen LogP contribution is -2.38. The first kappa shape index (κ1) is 13.7. The highest BCUT2D eigenvalue weighted by Crippen LogP contribution is 2.14. The van der Waals surface area contributed by atoms with Crippen molar-refractivity contribution in [3.63, 3.8) is 0 Å². The van der Waals surface area contributed by atoms with E-state index in [0.717, 1.165) is 25.9 Å². The van der Waals surface area contributed by atoms with Gasteiger partial charge in [0.2, 0.25) is 0 Å². The summed E-state index contributed by atoms with van der Waals surface area (Å²) in [5, 5.41) is 17.0. The van der Waals surface area contributed by atoms with Gasteiger partial charge < -0.3 is 10.6 Å². The first-order valence-corrected chi connectivity index (χ1v) is 5.33. The lowest BCUT2D eigenvalue weighted by atomic mass is 10.1. The molecule has 0 spiro atoms. The second-order valence-corrected chi connectivity index (χ2v) is 3.85. The number of pyridine rings is 1. The average Bonchev–Trinajstić information content (AvgIpc) is 2.31. The fourth-order valence-corrected chi connectivity index (χ4v) is 1.76. The Morgan fingerprint density at radius 1 is 1.53 bits per heavy atom. The first-order chi connectivity index (χ1) is 7.75. The van der Waals surface area contributed by atoms with Gasteiger partial charge in [-0.15, -0.1) is 12.4 Å². The van der Waals surface area contributed by atoms with Crippen molar-refractivity contribution in [1.82, 2.24) is 10.3 Å². The molecule has 0 aromatic carbocycles. The minimum absolute atomic E-state index is 0. The van der Waals surface area contributed by atoms with Crippen LogP contribution in [0.4, 0.5) is 11.5 Å². The molecule has 0 bridgehead atoms. The largest absolute Gasteiger partial charge is 0.366 e. The van der Waals surface area contributed by atoms with Crippen molar-refractivity contribution in [2.75, 3.05) is 18.4 Å². The van der Waals surface area contributed by atoms with Gasteiger partial charge in [-0.2, -0.15) is 0 Å². The van der Waals surface area contributed by atoms with Gasteiger partial charge in [0.05, 0.1) is 4.92 Å². The SMILES string of the molecule is Cl.O=[N+]([O-])c1ccc(N[C@@H]2CCCNC2)nc1. The number of nitrogens with one attached hydrogen (secondary N) is 2. The Labute approximate surface area is 105 Å². The zero-order valence-corrected chi connectivity index (χ0v) is 10.1. The zero-order valence-electron chi connectivity index (χ0n) is 9.26. The molecule has 1 aliphatic rings. The smallest absolute Gasteiger partial charge is 0.287 e. The maximum absolute atomic E-state index is 10.4. The van der Waals surface area contributed by atoms with Crippen LogP contribution in [0, 0.1) is 10.1 Å². The van der Waals surface area contributed by atoms with Crippen LogP contribution in [-0.2, 0) is 0 Å². The molecule has 2 heterocycles. The van der Waals surface area contributed by atoms with Crippen LogP contribution in [0.5, 0.6) is 0 Å². The lowest BCUT2D eigenvalue weighted by Gasteiger charge is -2.24. The van der Waals surface area contributed by atoms with E-state index in [1.54, 1.807) is 6.07 Å². The summed E-state index contributed by atoms with van der Waals surface area (Å²) in [5.41, 5.74) is 0.0207. The van der Waals surface area contributed by atoms with Gasteiger partial charge >= 0.3 is 0 Å². The van der Waals surface area contributed by atoms with Crippen molar-refractivity contribution in [3.8, 4) is 0 Å². The molecule has 2 N–H and O–H groups in total. The van der Waals surface area contributed by atoms with Crippen LogP contribution in [0.1, 0.15) is 12.8 Å². The molecule has 1 atom stereocenters. The van der Waals surface area contributed by atoms with E-state index < -0.39 is 4.92 Å². The third kappa shape index (κ3) is 3.83. The molecule has 0 amide bonds. The Bertz CT molecular complexity index is 365. The van der Waals surface area contributed by atoms with Gasteiger partial charge in [0.25, 0.3) is 5.69 Å². The summed E-state index contributed by atoms with van der Waals surface area (Å²) in [4.78, 5) is 14.0. The highest BCUT2D eigenvalue weighted by molar-refractivity contribution is 5.85. The average molecular weight is 259 g/mol. The van der Waals surface area contributed by atoms with E-state index in [4.69, 9.17) is 0 Å². The van der Waals surface area contributed by atoms with Crippen molar-refractivity contribution in [3.05, 3.63) is 28.4 Å². The molecule has 6 nitrogen and oxygen atoms in total. The van der Waals surface area contributed by atoms with Crippen LogP contribution >= 0.6 is 12.4 Å². The van der Waals surface area contributed by atoms with Gasteiger partial charge in [-0.05, 0) is 25.5 Å². The van der Waals surface area contributed by atoms with Crippen molar-refractivity contribution in [2.24, 2.45) is 0 Å². The topological polar surface area (TPSA) is 80.1 Å². The monoisotopic (exact) mass is 258 g/mol. The van der Waals surface area contributed by atoms with E-state index in [0.29, 0.717) is 11.9 Å². The summed E-state index contributed by atoms with van der Waals surface area (Å²) >= 11 is 0. The summed E-state index contributed by atoms with van der Waals surface area (Å²) < 4.78 is 0. The van der Waals surface area contributed by atoms with Crippen molar-refractivity contribution in [2.45, 2.75) is 18.9 Å².